The lowest BCUT2D eigenvalue weighted by atomic mass is 10.2. The summed E-state index contributed by atoms with van der Waals surface area (Å²) in [6.45, 7) is 7.25. The van der Waals surface area contributed by atoms with E-state index in [0.717, 1.165) is 19.0 Å². The number of guanidine groups is 1. The van der Waals surface area contributed by atoms with E-state index in [4.69, 9.17) is 4.74 Å². The van der Waals surface area contributed by atoms with Crippen molar-refractivity contribution in [3.8, 4) is 5.75 Å². The normalized spacial score (nSPS) is 23.1. The number of nitrogens with one attached hydrogen (secondary N) is 1. The standard InChI is InChI=1S/C19H29FN4O/c1-15(25-18-7-5-16(20)6-8-18)13-22-19(21-2)24-12-9-17(14-24)23-10-3-4-11-23/h5-8,15,17H,3-4,9-14H2,1-2H3,(H,21,22). The van der Waals surface area contributed by atoms with Gasteiger partial charge in [0.05, 0.1) is 6.54 Å². The van der Waals surface area contributed by atoms with Gasteiger partial charge in [0.25, 0.3) is 0 Å². The molecule has 2 fully saturated rings. The summed E-state index contributed by atoms with van der Waals surface area (Å²) in [5.74, 6) is 1.37. The van der Waals surface area contributed by atoms with Crippen molar-refractivity contribution in [3.63, 3.8) is 0 Å². The fourth-order valence-corrected chi connectivity index (χ4v) is 3.69. The predicted molar refractivity (Wildman–Crippen MR) is 98.6 cm³/mol. The van der Waals surface area contributed by atoms with Gasteiger partial charge in [0.15, 0.2) is 5.96 Å². The van der Waals surface area contributed by atoms with Gasteiger partial charge in [-0.15, -0.1) is 0 Å². The molecule has 0 radical (unpaired) electrons. The topological polar surface area (TPSA) is 40.1 Å². The highest BCUT2D eigenvalue weighted by Crippen LogP contribution is 2.20. The van der Waals surface area contributed by atoms with Gasteiger partial charge in [0.1, 0.15) is 17.7 Å². The molecular formula is C19H29FN4O. The van der Waals surface area contributed by atoms with E-state index in [0.29, 0.717) is 18.3 Å². The van der Waals surface area contributed by atoms with E-state index in [1.807, 2.05) is 14.0 Å². The van der Waals surface area contributed by atoms with Crippen LogP contribution in [0.5, 0.6) is 5.75 Å². The smallest absolute Gasteiger partial charge is 0.193 e. The van der Waals surface area contributed by atoms with Crippen molar-refractivity contribution in [2.45, 2.75) is 38.3 Å². The Kier molecular flexibility index (Phi) is 6.13. The third-order valence-corrected chi connectivity index (χ3v) is 5.03. The molecule has 2 unspecified atom stereocenters. The Hall–Kier alpha value is -1.82. The van der Waals surface area contributed by atoms with Gasteiger partial charge in [-0.2, -0.15) is 0 Å². The van der Waals surface area contributed by atoms with Gasteiger partial charge in [0.2, 0.25) is 0 Å². The van der Waals surface area contributed by atoms with Crippen molar-refractivity contribution in [1.82, 2.24) is 15.1 Å². The van der Waals surface area contributed by atoms with E-state index in [-0.39, 0.29) is 11.9 Å². The molecule has 0 bridgehead atoms. The lowest BCUT2D eigenvalue weighted by Gasteiger charge is -2.26. The maximum Gasteiger partial charge on any atom is 0.193 e. The molecule has 1 N–H and O–H groups in total. The second-order valence-electron chi connectivity index (χ2n) is 6.94. The quantitative estimate of drug-likeness (QED) is 0.655. The van der Waals surface area contributed by atoms with Crippen LogP contribution in [0.3, 0.4) is 0 Å². The molecule has 1 aromatic rings. The molecule has 25 heavy (non-hydrogen) atoms. The lowest BCUT2D eigenvalue weighted by Crippen LogP contribution is -2.45. The molecule has 0 amide bonds. The van der Waals surface area contributed by atoms with Crippen LogP contribution < -0.4 is 10.1 Å². The third-order valence-electron chi connectivity index (χ3n) is 5.03. The van der Waals surface area contributed by atoms with Crippen LogP contribution in [0.15, 0.2) is 29.3 Å². The molecule has 0 aliphatic carbocycles. The van der Waals surface area contributed by atoms with Crippen LogP contribution in [0.2, 0.25) is 0 Å². The molecule has 2 saturated heterocycles. The average Bonchev–Trinajstić information content (AvgIpc) is 3.29. The molecule has 2 aliphatic heterocycles. The van der Waals surface area contributed by atoms with Crippen molar-refractivity contribution in [3.05, 3.63) is 30.1 Å². The number of rotatable bonds is 5. The summed E-state index contributed by atoms with van der Waals surface area (Å²) in [6, 6.07) is 6.80. The Morgan fingerprint density at radius 3 is 2.68 bits per heavy atom. The minimum atomic E-state index is -0.250. The van der Waals surface area contributed by atoms with E-state index >= 15 is 0 Å². The van der Waals surface area contributed by atoms with Gasteiger partial charge in [-0.05, 0) is 63.5 Å². The summed E-state index contributed by atoms with van der Waals surface area (Å²) in [5.41, 5.74) is 0. The number of aliphatic imine (C=N–C) groups is 1. The largest absolute Gasteiger partial charge is 0.489 e. The fraction of sp³-hybridized carbons (Fsp3) is 0.632. The van der Waals surface area contributed by atoms with Crippen molar-refractivity contribution >= 4 is 5.96 Å². The van der Waals surface area contributed by atoms with Crippen molar-refractivity contribution in [2.75, 3.05) is 39.8 Å². The van der Waals surface area contributed by atoms with E-state index in [1.165, 1.54) is 44.5 Å². The zero-order valence-electron chi connectivity index (χ0n) is 15.2. The molecule has 1 aromatic carbocycles. The first-order valence-corrected chi connectivity index (χ1v) is 9.27. The monoisotopic (exact) mass is 348 g/mol. The Labute approximate surface area is 149 Å². The van der Waals surface area contributed by atoms with Crippen molar-refractivity contribution < 1.29 is 9.13 Å². The summed E-state index contributed by atoms with van der Waals surface area (Å²) in [5, 5.41) is 3.41. The van der Waals surface area contributed by atoms with Crippen molar-refractivity contribution in [1.29, 1.82) is 0 Å². The first-order chi connectivity index (χ1) is 12.2. The fourth-order valence-electron chi connectivity index (χ4n) is 3.69. The number of ether oxygens (including phenoxy) is 1. The lowest BCUT2D eigenvalue weighted by molar-refractivity contribution is 0.221. The second-order valence-corrected chi connectivity index (χ2v) is 6.94. The minimum Gasteiger partial charge on any atom is -0.489 e. The molecule has 0 saturated carbocycles. The minimum absolute atomic E-state index is 0.0285. The molecule has 138 valence electrons. The molecule has 2 atom stereocenters. The van der Waals surface area contributed by atoms with E-state index in [1.54, 1.807) is 12.1 Å². The number of likely N-dealkylation sites (tertiary alicyclic amines) is 2. The highest BCUT2D eigenvalue weighted by molar-refractivity contribution is 5.80. The van der Waals surface area contributed by atoms with Crippen LogP contribution in [0, 0.1) is 5.82 Å². The zero-order chi connectivity index (χ0) is 17.6. The van der Waals surface area contributed by atoms with Crippen LogP contribution in [0.25, 0.3) is 0 Å². The molecule has 3 rings (SSSR count). The number of hydrogen-bond acceptors (Lipinski definition) is 3. The molecule has 2 aliphatic rings. The maximum atomic E-state index is 12.9. The molecule has 6 heteroatoms. The maximum absolute atomic E-state index is 12.9. The Morgan fingerprint density at radius 1 is 1.28 bits per heavy atom. The SMILES string of the molecule is CN=C(NCC(C)Oc1ccc(F)cc1)N1CCC(N2CCCC2)C1. The molecule has 5 nitrogen and oxygen atoms in total. The predicted octanol–water partition coefficient (Wildman–Crippen LogP) is 2.34. The van der Waals surface area contributed by atoms with Crippen LogP contribution in [0.4, 0.5) is 4.39 Å². The van der Waals surface area contributed by atoms with E-state index in [9.17, 15) is 4.39 Å². The number of nitrogens with zero attached hydrogens (tertiary/aromatic N) is 3. The highest BCUT2D eigenvalue weighted by Gasteiger charge is 2.30. The first-order valence-electron chi connectivity index (χ1n) is 9.27. The summed E-state index contributed by atoms with van der Waals surface area (Å²) in [7, 11) is 1.83. The highest BCUT2D eigenvalue weighted by atomic mass is 19.1. The van der Waals surface area contributed by atoms with Gasteiger partial charge in [-0.25, -0.2) is 4.39 Å². The molecule has 2 heterocycles. The molecule has 0 aromatic heterocycles. The summed E-state index contributed by atoms with van der Waals surface area (Å²) in [4.78, 5) is 9.39. The summed E-state index contributed by atoms with van der Waals surface area (Å²) in [6.07, 6.45) is 3.85. The number of halogens is 1. The third kappa shape index (κ3) is 4.84. The van der Waals surface area contributed by atoms with Gasteiger partial charge < -0.3 is 15.0 Å². The van der Waals surface area contributed by atoms with E-state index in [2.05, 4.69) is 20.1 Å². The Morgan fingerprint density at radius 2 is 2.00 bits per heavy atom. The van der Waals surface area contributed by atoms with Gasteiger partial charge in [0, 0.05) is 26.2 Å². The molecule has 0 spiro atoms. The second kappa shape index (κ2) is 8.52. The Bertz CT molecular complexity index is 571. The molecular weight excluding hydrogens is 319 g/mol. The first kappa shape index (κ1) is 18.0. The average molecular weight is 348 g/mol. The number of hydrogen-bond donors (Lipinski definition) is 1. The van der Waals surface area contributed by atoms with Gasteiger partial charge in [-0.1, -0.05) is 0 Å². The van der Waals surface area contributed by atoms with Gasteiger partial charge >= 0.3 is 0 Å². The van der Waals surface area contributed by atoms with Crippen LogP contribution >= 0.6 is 0 Å². The summed E-state index contributed by atoms with van der Waals surface area (Å²) >= 11 is 0. The van der Waals surface area contributed by atoms with Gasteiger partial charge in [-0.3, -0.25) is 9.89 Å². The van der Waals surface area contributed by atoms with Crippen LogP contribution in [-0.2, 0) is 0 Å². The van der Waals surface area contributed by atoms with Crippen LogP contribution in [-0.4, -0.2) is 67.7 Å². The zero-order valence-corrected chi connectivity index (χ0v) is 15.2. The Balaban J connectivity index is 1.45. The van der Waals surface area contributed by atoms with E-state index < -0.39 is 0 Å². The number of benzene rings is 1. The van der Waals surface area contributed by atoms with Crippen molar-refractivity contribution in [2.24, 2.45) is 4.99 Å². The van der Waals surface area contributed by atoms with Crippen LogP contribution in [0.1, 0.15) is 26.2 Å². The summed E-state index contributed by atoms with van der Waals surface area (Å²) < 4.78 is 18.8.